The molecule has 0 saturated heterocycles. The fraction of sp³-hybridized carbons (Fsp3) is 0.182. The van der Waals surface area contributed by atoms with Crippen LogP contribution in [0.1, 0.15) is 16.7 Å². The molecule has 3 aromatic rings. The molecule has 2 N–H and O–H groups in total. The molecule has 1 amide bonds. The molecule has 4 heteroatoms. The first-order chi connectivity index (χ1) is 12.5. The van der Waals surface area contributed by atoms with Crippen LogP contribution >= 0.6 is 0 Å². The Morgan fingerprint density at radius 1 is 0.923 bits per heavy atom. The number of amides is 1. The van der Waals surface area contributed by atoms with Crippen molar-refractivity contribution in [2.75, 3.05) is 0 Å². The van der Waals surface area contributed by atoms with Crippen molar-refractivity contribution in [3.05, 3.63) is 83.4 Å². The van der Waals surface area contributed by atoms with Gasteiger partial charge in [0.1, 0.15) is 6.04 Å². The molecule has 1 atom stereocenters. The van der Waals surface area contributed by atoms with Crippen molar-refractivity contribution in [1.82, 2.24) is 5.32 Å². The van der Waals surface area contributed by atoms with E-state index in [0.29, 0.717) is 0 Å². The van der Waals surface area contributed by atoms with E-state index in [2.05, 4.69) is 5.32 Å². The van der Waals surface area contributed by atoms with Crippen LogP contribution in [-0.4, -0.2) is 23.0 Å². The Bertz CT molecular complexity index is 949. The number of carboxylic acid groups (broad SMARTS) is 1. The summed E-state index contributed by atoms with van der Waals surface area (Å²) in [4.78, 5) is 23.9. The van der Waals surface area contributed by atoms with Gasteiger partial charge in [-0.25, -0.2) is 4.79 Å². The molecule has 0 spiro atoms. The zero-order valence-corrected chi connectivity index (χ0v) is 14.6. The molecule has 0 radical (unpaired) electrons. The van der Waals surface area contributed by atoms with Crippen LogP contribution in [0.4, 0.5) is 0 Å². The lowest BCUT2D eigenvalue weighted by atomic mass is 10.0. The summed E-state index contributed by atoms with van der Waals surface area (Å²) in [5.74, 6) is -1.32. The van der Waals surface area contributed by atoms with Crippen molar-refractivity contribution in [1.29, 1.82) is 0 Å². The number of carbonyl (C=O) groups is 2. The van der Waals surface area contributed by atoms with E-state index < -0.39 is 12.0 Å². The van der Waals surface area contributed by atoms with Crippen molar-refractivity contribution >= 4 is 22.6 Å². The van der Waals surface area contributed by atoms with Crippen molar-refractivity contribution in [3.63, 3.8) is 0 Å². The first-order valence-corrected chi connectivity index (χ1v) is 8.56. The third-order valence-electron chi connectivity index (χ3n) is 4.33. The second-order valence-electron chi connectivity index (χ2n) is 6.51. The van der Waals surface area contributed by atoms with Gasteiger partial charge < -0.3 is 10.4 Å². The molecular formula is C22H21NO3. The highest BCUT2D eigenvalue weighted by Crippen LogP contribution is 2.16. The zero-order valence-electron chi connectivity index (χ0n) is 14.6. The Morgan fingerprint density at radius 3 is 2.42 bits per heavy atom. The highest BCUT2D eigenvalue weighted by Gasteiger charge is 2.20. The summed E-state index contributed by atoms with van der Waals surface area (Å²) in [7, 11) is 0. The summed E-state index contributed by atoms with van der Waals surface area (Å²) in [5.41, 5.74) is 2.82. The van der Waals surface area contributed by atoms with E-state index in [-0.39, 0.29) is 18.7 Å². The average Bonchev–Trinajstić information content (AvgIpc) is 2.61. The number of carbonyl (C=O) groups excluding carboxylic acids is 1. The Morgan fingerprint density at radius 2 is 1.69 bits per heavy atom. The van der Waals surface area contributed by atoms with Gasteiger partial charge in [0.2, 0.25) is 5.91 Å². The molecule has 0 aliphatic heterocycles. The number of aliphatic carboxylic acids is 1. The van der Waals surface area contributed by atoms with Gasteiger partial charge >= 0.3 is 5.97 Å². The second kappa shape index (κ2) is 7.83. The molecule has 3 aromatic carbocycles. The minimum atomic E-state index is -1.03. The van der Waals surface area contributed by atoms with Crippen molar-refractivity contribution in [2.45, 2.75) is 25.8 Å². The number of aryl methyl sites for hydroxylation is 1. The van der Waals surface area contributed by atoms with Gasteiger partial charge in [0.15, 0.2) is 0 Å². The van der Waals surface area contributed by atoms with E-state index >= 15 is 0 Å². The van der Waals surface area contributed by atoms with E-state index in [1.165, 1.54) is 0 Å². The predicted octanol–water partition coefficient (Wildman–Crippen LogP) is 3.50. The monoisotopic (exact) mass is 347 g/mol. The lowest BCUT2D eigenvalue weighted by Gasteiger charge is -2.15. The maximum absolute atomic E-state index is 12.3. The van der Waals surface area contributed by atoms with Gasteiger partial charge in [0.25, 0.3) is 0 Å². The van der Waals surface area contributed by atoms with Crippen LogP contribution < -0.4 is 5.32 Å². The smallest absolute Gasteiger partial charge is 0.326 e. The normalized spacial score (nSPS) is 11.9. The largest absolute Gasteiger partial charge is 0.480 e. The molecular weight excluding hydrogens is 326 g/mol. The molecule has 26 heavy (non-hydrogen) atoms. The first kappa shape index (κ1) is 17.7. The molecule has 4 nitrogen and oxygen atoms in total. The van der Waals surface area contributed by atoms with E-state index in [4.69, 9.17) is 0 Å². The molecule has 0 aromatic heterocycles. The minimum Gasteiger partial charge on any atom is -0.480 e. The number of hydrogen-bond acceptors (Lipinski definition) is 2. The molecule has 3 rings (SSSR count). The van der Waals surface area contributed by atoms with Gasteiger partial charge in [-0.2, -0.15) is 0 Å². The Balaban J connectivity index is 1.68. The summed E-state index contributed by atoms with van der Waals surface area (Å²) >= 11 is 0. The SMILES string of the molecule is Cc1cccc(C[C@@H](NC(=O)Cc2ccc3ccccc3c2)C(=O)O)c1. The summed E-state index contributed by atoms with van der Waals surface area (Å²) in [6, 6.07) is 20.5. The number of benzene rings is 3. The van der Waals surface area contributed by atoms with Crippen molar-refractivity contribution < 1.29 is 14.7 Å². The first-order valence-electron chi connectivity index (χ1n) is 8.56. The lowest BCUT2D eigenvalue weighted by Crippen LogP contribution is -2.43. The maximum atomic E-state index is 12.3. The highest BCUT2D eigenvalue weighted by atomic mass is 16.4. The van der Waals surface area contributed by atoms with Crippen LogP contribution in [0.15, 0.2) is 66.7 Å². The number of fused-ring (bicyclic) bond motifs is 1. The van der Waals surface area contributed by atoms with Crippen molar-refractivity contribution in [3.8, 4) is 0 Å². The Labute approximate surface area is 152 Å². The third-order valence-corrected chi connectivity index (χ3v) is 4.33. The maximum Gasteiger partial charge on any atom is 0.326 e. The lowest BCUT2D eigenvalue weighted by molar-refractivity contribution is -0.141. The quantitative estimate of drug-likeness (QED) is 0.717. The van der Waals surface area contributed by atoms with Gasteiger partial charge in [0.05, 0.1) is 6.42 Å². The fourth-order valence-corrected chi connectivity index (χ4v) is 3.05. The topological polar surface area (TPSA) is 66.4 Å². The van der Waals surface area contributed by atoms with Gasteiger partial charge in [-0.1, -0.05) is 72.3 Å². The van der Waals surface area contributed by atoms with E-state index in [0.717, 1.165) is 27.5 Å². The number of carboxylic acids is 1. The number of rotatable bonds is 6. The molecule has 0 aliphatic rings. The standard InChI is InChI=1S/C22H21NO3/c1-15-5-4-6-16(11-15)13-20(22(25)26)23-21(24)14-17-9-10-18-7-2-3-8-19(18)12-17/h2-12,20H,13-14H2,1H3,(H,23,24)(H,25,26)/t20-/m1/s1. The number of hydrogen-bond donors (Lipinski definition) is 2. The molecule has 0 bridgehead atoms. The van der Waals surface area contributed by atoms with E-state index in [1.807, 2.05) is 73.7 Å². The third kappa shape index (κ3) is 4.48. The van der Waals surface area contributed by atoms with Gasteiger partial charge in [-0.05, 0) is 28.8 Å². The van der Waals surface area contributed by atoms with Crippen LogP contribution in [0.25, 0.3) is 10.8 Å². The minimum absolute atomic E-state index is 0.155. The molecule has 0 saturated carbocycles. The summed E-state index contributed by atoms with van der Waals surface area (Å²) < 4.78 is 0. The Kier molecular flexibility index (Phi) is 5.32. The van der Waals surface area contributed by atoms with Gasteiger partial charge in [-0.15, -0.1) is 0 Å². The van der Waals surface area contributed by atoms with E-state index in [9.17, 15) is 14.7 Å². The van der Waals surface area contributed by atoms with Crippen LogP contribution in [0, 0.1) is 6.92 Å². The molecule has 0 aliphatic carbocycles. The molecule has 0 heterocycles. The van der Waals surface area contributed by atoms with Crippen LogP contribution in [0.5, 0.6) is 0 Å². The number of nitrogens with one attached hydrogen (secondary N) is 1. The van der Waals surface area contributed by atoms with Crippen LogP contribution in [-0.2, 0) is 22.4 Å². The van der Waals surface area contributed by atoms with Gasteiger partial charge in [0, 0.05) is 6.42 Å². The predicted molar refractivity (Wildman–Crippen MR) is 102 cm³/mol. The van der Waals surface area contributed by atoms with Crippen LogP contribution in [0.3, 0.4) is 0 Å². The van der Waals surface area contributed by atoms with Crippen molar-refractivity contribution in [2.24, 2.45) is 0 Å². The summed E-state index contributed by atoms with van der Waals surface area (Å²) in [5, 5.41) is 14.3. The van der Waals surface area contributed by atoms with E-state index in [1.54, 1.807) is 0 Å². The Hall–Kier alpha value is -3.14. The average molecular weight is 347 g/mol. The molecule has 0 fully saturated rings. The highest BCUT2D eigenvalue weighted by molar-refractivity contribution is 5.87. The van der Waals surface area contributed by atoms with Crippen LogP contribution in [0.2, 0.25) is 0 Å². The zero-order chi connectivity index (χ0) is 18.5. The van der Waals surface area contributed by atoms with Gasteiger partial charge in [-0.3, -0.25) is 4.79 Å². The summed E-state index contributed by atoms with van der Waals surface area (Å²) in [6.45, 7) is 1.96. The molecule has 0 unspecified atom stereocenters. The fourth-order valence-electron chi connectivity index (χ4n) is 3.05. The summed E-state index contributed by atoms with van der Waals surface area (Å²) in [6.07, 6.45) is 0.420. The second-order valence-corrected chi connectivity index (χ2v) is 6.51. The molecule has 132 valence electrons.